The summed E-state index contributed by atoms with van der Waals surface area (Å²) in [5.74, 6) is -2.24. The molecule has 3 aliphatic heterocycles. The Hall–Kier alpha value is -5.37. The zero-order chi connectivity index (χ0) is 57.7. The number of aromatic nitrogens is 10. The number of rotatable bonds is 23. The van der Waals surface area contributed by atoms with Gasteiger partial charge in [0.05, 0.1) is 38.8 Å². The third kappa shape index (κ3) is 13.0. The number of aliphatic hydroxyl groups is 3. The molecule has 0 radical (unpaired) electrons. The largest absolute Gasteiger partial charge is 0.490 e. The number of phosphoric ester groups is 3. The summed E-state index contributed by atoms with van der Waals surface area (Å²) in [5, 5.41) is 32.9. The van der Waals surface area contributed by atoms with Crippen LogP contribution in [0.5, 0.6) is 0 Å². The molecule has 5 unspecified atom stereocenters. The van der Waals surface area contributed by atoms with Gasteiger partial charge in [-0.15, -0.1) is 0 Å². The van der Waals surface area contributed by atoms with Crippen molar-refractivity contribution in [2.45, 2.75) is 80.5 Å². The number of hydrogen-bond donors (Lipinski definition) is 11. The first-order chi connectivity index (χ1) is 37.0. The van der Waals surface area contributed by atoms with Gasteiger partial charge in [-0.25, -0.2) is 42.6 Å². The van der Waals surface area contributed by atoms with Gasteiger partial charge in [0.2, 0.25) is 17.7 Å². The zero-order valence-electron chi connectivity index (χ0n) is 41.1. The summed E-state index contributed by atoms with van der Waals surface area (Å²) in [7, 11) is -19.7. The molecule has 0 spiro atoms. The van der Waals surface area contributed by atoms with Crippen molar-refractivity contribution in [1.82, 2.24) is 48.5 Å². The number of methoxy groups -OCH3 is 1. The topological polar surface area (TPSA) is 528 Å². The second-order valence-electron chi connectivity index (χ2n) is 17.7. The Morgan fingerprint density at radius 3 is 2.13 bits per heavy atom. The van der Waals surface area contributed by atoms with Crippen molar-refractivity contribution < 1.29 is 108 Å². The van der Waals surface area contributed by atoms with Crippen molar-refractivity contribution in [3.05, 3.63) is 75.1 Å². The number of nitrogens with two attached hydrogens (primary N) is 2. The SMILES string of the molecule is C=CCn1c[n+](C2O[C@H](COP(=O)(O)OP(=O)(O)OP(=O)(O)OC[C@H]3O[C@@H](n4cnc5c(N)ncnc54)[C@H](OC)[C@@H]3OP(=O)(O)OC[C@H]3O[C@@H](n4ccc(=O)[nH]c4=O)[C@H](O)[C@@H]3O)[C@@H](CC(=O)N(C)C)[C@H]2O)c2nc(N)[nH]c(=O)c21. The maximum absolute atomic E-state index is 13.6. The Bertz CT molecular complexity index is 3480. The highest BCUT2D eigenvalue weighted by Crippen LogP contribution is 2.68. The molecule has 3 saturated heterocycles. The van der Waals surface area contributed by atoms with Gasteiger partial charge in [-0.3, -0.25) is 56.1 Å². The number of aromatic amines is 2. The van der Waals surface area contributed by atoms with Crippen molar-refractivity contribution in [2.75, 3.05) is 52.5 Å². The molecule has 8 heterocycles. The first kappa shape index (κ1) is 59.7. The van der Waals surface area contributed by atoms with Gasteiger partial charge in [-0.05, 0) is 0 Å². The lowest BCUT2D eigenvalue weighted by Gasteiger charge is -2.26. The third-order valence-corrected chi connectivity index (χ3v) is 17.5. The molecule has 434 valence electrons. The fourth-order valence-corrected chi connectivity index (χ4v) is 13.2. The number of anilines is 2. The number of phosphoric acid groups is 4. The van der Waals surface area contributed by atoms with Crippen LogP contribution in [0.4, 0.5) is 11.8 Å². The second kappa shape index (κ2) is 23.2. The minimum absolute atomic E-state index is 0.00389. The summed E-state index contributed by atoms with van der Waals surface area (Å²) in [6.45, 7) is 0.323. The van der Waals surface area contributed by atoms with Gasteiger partial charge in [0, 0.05) is 45.8 Å². The third-order valence-electron chi connectivity index (χ3n) is 12.3. The van der Waals surface area contributed by atoms with Crippen LogP contribution in [0.2, 0.25) is 0 Å². The summed E-state index contributed by atoms with van der Waals surface area (Å²) in [6.07, 6.45) is -13.0. The molecule has 5 aromatic heterocycles. The number of fused-ring (bicyclic) bond motifs is 2. The van der Waals surface area contributed by atoms with Crippen LogP contribution in [0.1, 0.15) is 25.1 Å². The number of H-pyrrole nitrogens is 2. The van der Waals surface area contributed by atoms with Crippen molar-refractivity contribution in [3.8, 4) is 0 Å². The molecule has 0 saturated carbocycles. The number of nitrogens with zero attached hydrogens (tertiary/aromatic N) is 9. The molecule has 0 aliphatic carbocycles. The molecule has 3 aliphatic rings. The number of ether oxygens (including phenoxy) is 4. The number of carbonyl (C=O) groups is 1. The van der Waals surface area contributed by atoms with E-state index in [-0.39, 0.29) is 40.6 Å². The highest BCUT2D eigenvalue weighted by atomic mass is 31.3. The van der Waals surface area contributed by atoms with Gasteiger partial charge in [0.25, 0.3) is 17.1 Å². The molecule has 79 heavy (non-hydrogen) atoms. The van der Waals surface area contributed by atoms with Gasteiger partial charge >= 0.3 is 42.6 Å². The Balaban J connectivity index is 0.956. The van der Waals surface area contributed by atoms with Crippen LogP contribution in [0.3, 0.4) is 0 Å². The van der Waals surface area contributed by atoms with E-state index in [1.807, 2.05) is 4.98 Å². The molecule has 5 aromatic rings. The van der Waals surface area contributed by atoms with Crippen molar-refractivity contribution in [2.24, 2.45) is 5.92 Å². The summed E-state index contributed by atoms with van der Waals surface area (Å²) >= 11 is 0. The predicted molar refractivity (Wildman–Crippen MR) is 258 cm³/mol. The lowest BCUT2D eigenvalue weighted by molar-refractivity contribution is -0.745. The fraction of sp³-hybridized carbons (Fsp3) is 0.541. The van der Waals surface area contributed by atoms with E-state index < -0.39 is 154 Å². The number of hydrogen-bond acceptors (Lipinski definition) is 27. The van der Waals surface area contributed by atoms with E-state index in [0.717, 1.165) is 36.6 Å². The van der Waals surface area contributed by atoms with E-state index in [2.05, 4.69) is 40.1 Å². The maximum atomic E-state index is 13.6. The Morgan fingerprint density at radius 2 is 1.48 bits per heavy atom. The highest BCUT2D eigenvalue weighted by Gasteiger charge is 2.54. The van der Waals surface area contributed by atoms with E-state index in [0.29, 0.717) is 0 Å². The van der Waals surface area contributed by atoms with Crippen LogP contribution in [0.15, 0.2) is 58.3 Å². The van der Waals surface area contributed by atoms with Gasteiger partial charge in [-0.2, -0.15) is 8.62 Å². The molecular weight excluding hydrogens is 1150 g/mol. The molecular formula is C37H52N13O25P4+. The minimum Gasteiger partial charge on any atom is -0.387 e. The molecule has 8 rings (SSSR count). The predicted octanol–water partition coefficient (Wildman–Crippen LogP) is -3.49. The van der Waals surface area contributed by atoms with Gasteiger partial charge in [-0.1, -0.05) is 17.6 Å². The number of allylic oxidation sites excluding steroid dienone is 1. The van der Waals surface area contributed by atoms with Gasteiger partial charge < -0.3 is 70.2 Å². The number of aliphatic hydroxyl groups excluding tert-OH is 3. The standard InChI is InChI=1S/C37H51N13O25P4/c1-5-7-47-15-50(31-23(47)32(56)45-36(39)44-31)33-24(53)16(9-21(52)46(2)3)17(70-33)10-68-77(60,61)74-79(64,65)75-78(62,63)69-12-19-27(28(66-4)35(72-19)49-14-42-22-29(38)40-13-41-30(22)49)73-76(58,59)67-11-18-25(54)26(55)34(71-18)48-8-6-20(51)43-37(48)57/h5-6,8,13-19,24-28,33-35,53-55H,1,7,9-12H2,2-4H3,(H9-,38,39,40,41,43,44,45,51,56,57,58,59,60,61,62,63,64,65)/p+1/t16-,17-,18-,19-,24-,25-,26-,27-,28-,33?,34-,35-/m1/s1. The van der Waals surface area contributed by atoms with Crippen LogP contribution in [0, 0.1) is 5.92 Å². The fourth-order valence-electron chi connectivity index (χ4n) is 8.69. The van der Waals surface area contributed by atoms with Crippen LogP contribution in [-0.4, -0.2) is 179 Å². The second-order valence-corrected chi connectivity index (χ2v) is 23.7. The van der Waals surface area contributed by atoms with Crippen molar-refractivity contribution in [3.63, 3.8) is 0 Å². The molecule has 38 nitrogen and oxygen atoms in total. The normalized spacial score (nSPS) is 29.3. The lowest BCUT2D eigenvalue weighted by Crippen LogP contribution is -2.45. The van der Waals surface area contributed by atoms with Crippen LogP contribution in [0.25, 0.3) is 22.3 Å². The number of imidazole rings is 2. The average Bonchev–Trinajstić information content (AvgIpc) is 4.32. The smallest absolute Gasteiger partial charge is 0.387 e. The van der Waals surface area contributed by atoms with E-state index in [9.17, 15) is 72.3 Å². The first-order valence-electron chi connectivity index (χ1n) is 22.8. The minimum atomic E-state index is -6.25. The first-order valence-corrected chi connectivity index (χ1v) is 28.8. The molecule has 42 heteroatoms. The summed E-state index contributed by atoms with van der Waals surface area (Å²) in [6, 6.07) is 0.920. The van der Waals surface area contributed by atoms with E-state index in [1.54, 1.807) is 0 Å². The molecule has 16 atom stereocenters. The van der Waals surface area contributed by atoms with Crippen molar-refractivity contribution >= 4 is 71.3 Å². The molecule has 1 amide bonds. The Labute approximate surface area is 441 Å². The van der Waals surface area contributed by atoms with Crippen molar-refractivity contribution in [1.29, 1.82) is 0 Å². The number of nitrogen functional groups attached to an aromatic ring is 2. The molecule has 0 aromatic carbocycles. The van der Waals surface area contributed by atoms with Crippen LogP contribution in [-0.2, 0) is 75.3 Å². The quantitative estimate of drug-likeness (QED) is 0.0172. The Kier molecular flexibility index (Phi) is 17.6. The molecule has 3 fully saturated rings. The summed E-state index contributed by atoms with van der Waals surface area (Å²) in [5.41, 5.74) is 9.14. The summed E-state index contributed by atoms with van der Waals surface area (Å²) in [4.78, 5) is 114. The molecule has 13 N–H and O–H groups in total. The van der Waals surface area contributed by atoms with Gasteiger partial charge in [0.1, 0.15) is 54.6 Å². The molecule has 0 bridgehead atoms. The van der Waals surface area contributed by atoms with Crippen LogP contribution >= 0.6 is 31.3 Å². The van der Waals surface area contributed by atoms with Gasteiger partial charge in [0.15, 0.2) is 30.2 Å². The maximum Gasteiger partial charge on any atom is 0.490 e. The number of nitrogens with one attached hydrogen (secondary N) is 2. The summed E-state index contributed by atoms with van der Waals surface area (Å²) < 4.78 is 110. The Morgan fingerprint density at radius 1 is 0.835 bits per heavy atom. The average molecular weight is 1200 g/mol. The lowest BCUT2D eigenvalue weighted by atomic mass is 9.94. The monoisotopic (exact) mass is 1200 g/mol. The van der Waals surface area contributed by atoms with E-state index in [1.165, 1.54) is 45.1 Å². The number of amides is 1. The van der Waals surface area contributed by atoms with E-state index >= 15 is 0 Å². The van der Waals surface area contributed by atoms with Crippen LogP contribution < -0.4 is 32.8 Å². The zero-order valence-corrected chi connectivity index (χ0v) is 44.7. The highest BCUT2D eigenvalue weighted by molar-refractivity contribution is 7.66. The number of carbonyl (C=O) groups excluding carboxylic acids is 1. The van der Waals surface area contributed by atoms with E-state index in [4.69, 9.17) is 48.5 Å².